The summed E-state index contributed by atoms with van der Waals surface area (Å²) in [6.07, 6.45) is 1.96. The number of aryl methyl sites for hydroxylation is 3. The summed E-state index contributed by atoms with van der Waals surface area (Å²) in [6, 6.07) is 9.96. The summed E-state index contributed by atoms with van der Waals surface area (Å²) in [5.74, 6) is 0.769. The highest BCUT2D eigenvalue weighted by molar-refractivity contribution is 9.10. The number of imidazole rings is 1. The number of rotatable bonds is 2. The summed E-state index contributed by atoms with van der Waals surface area (Å²) < 4.78 is 3.00. The average Bonchev–Trinajstić information content (AvgIpc) is 2.78. The SMILES string of the molecule is Cc1ccc(N=Nc2c(C)nc3c(C)cccn23)cc1Br. The fourth-order valence-corrected chi connectivity index (χ4v) is 2.54. The fourth-order valence-electron chi connectivity index (χ4n) is 2.17. The molecule has 5 heteroatoms. The third kappa shape index (κ3) is 2.61. The van der Waals surface area contributed by atoms with Crippen molar-refractivity contribution < 1.29 is 0 Å². The van der Waals surface area contributed by atoms with E-state index in [4.69, 9.17) is 0 Å². The minimum Gasteiger partial charge on any atom is -0.283 e. The molecule has 0 radical (unpaired) electrons. The monoisotopic (exact) mass is 342 g/mol. The van der Waals surface area contributed by atoms with Crippen LogP contribution in [0, 0.1) is 20.8 Å². The van der Waals surface area contributed by atoms with Gasteiger partial charge < -0.3 is 0 Å². The number of hydrogen-bond donors (Lipinski definition) is 0. The van der Waals surface area contributed by atoms with Crippen molar-refractivity contribution in [1.82, 2.24) is 9.38 Å². The minimum atomic E-state index is 0.769. The van der Waals surface area contributed by atoms with Crippen LogP contribution in [0.5, 0.6) is 0 Å². The molecule has 0 aliphatic carbocycles. The van der Waals surface area contributed by atoms with Crippen LogP contribution in [0.15, 0.2) is 51.2 Å². The van der Waals surface area contributed by atoms with Crippen LogP contribution in [0.2, 0.25) is 0 Å². The van der Waals surface area contributed by atoms with E-state index in [0.29, 0.717) is 0 Å². The van der Waals surface area contributed by atoms with Crippen LogP contribution in [0.3, 0.4) is 0 Å². The fraction of sp³-hybridized carbons (Fsp3) is 0.188. The Hall–Kier alpha value is -2.01. The molecule has 106 valence electrons. The van der Waals surface area contributed by atoms with E-state index in [2.05, 4.69) is 31.1 Å². The van der Waals surface area contributed by atoms with Gasteiger partial charge in [-0.25, -0.2) is 4.98 Å². The predicted octanol–water partition coefficient (Wildman–Crippen LogP) is 5.44. The molecule has 21 heavy (non-hydrogen) atoms. The minimum absolute atomic E-state index is 0.769. The second-order valence-corrected chi connectivity index (χ2v) is 5.89. The molecular formula is C16H15BrN4. The van der Waals surface area contributed by atoms with Gasteiger partial charge in [0.15, 0.2) is 5.82 Å². The second kappa shape index (κ2) is 5.41. The Balaban J connectivity index is 2.05. The van der Waals surface area contributed by atoms with E-state index < -0.39 is 0 Å². The van der Waals surface area contributed by atoms with Gasteiger partial charge in [-0.15, -0.1) is 10.2 Å². The molecule has 0 saturated carbocycles. The third-order valence-corrected chi connectivity index (χ3v) is 4.26. The van der Waals surface area contributed by atoms with Gasteiger partial charge in [-0.2, -0.15) is 0 Å². The van der Waals surface area contributed by atoms with Crippen molar-refractivity contribution >= 4 is 33.1 Å². The quantitative estimate of drug-likeness (QED) is 0.572. The maximum Gasteiger partial charge on any atom is 0.182 e. The Kier molecular flexibility index (Phi) is 3.59. The summed E-state index contributed by atoms with van der Waals surface area (Å²) in [5, 5.41) is 8.71. The summed E-state index contributed by atoms with van der Waals surface area (Å²) in [7, 11) is 0. The number of aromatic nitrogens is 2. The third-order valence-electron chi connectivity index (χ3n) is 3.40. The number of azo groups is 1. The molecule has 0 N–H and O–H groups in total. The molecule has 0 unspecified atom stereocenters. The number of nitrogens with zero attached hydrogens (tertiary/aromatic N) is 4. The maximum absolute atomic E-state index is 4.56. The molecule has 0 aliphatic rings. The van der Waals surface area contributed by atoms with Crippen molar-refractivity contribution in [3.8, 4) is 0 Å². The molecule has 2 heterocycles. The topological polar surface area (TPSA) is 42.0 Å². The van der Waals surface area contributed by atoms with E-state index in [1.165, 1.54) is 5.56 Å². The summed E-state index contributed by atoms with van der Waals surface area (Å²) >= 11 is 3.51. The van der Waals surface area contributed by atoms with Gasteiger partial charge in [0, 0.05) is 10.7 Å². The van der Waals surface area contributed by atoms with Crippen molar-refractivity contribution in [2.75, 3.05) is 0 Å². The largest absolute Gasteiger partial charge is 0.283 e. The highest BCUT2D eigenvalue weighted by Gasteiger charge is 2.09. The standard InChI is InChI=1S/C16H15BrN4/c1-10-6-7-13(9-14(10)17)19-20-16-12(3)18-15-11(2)5-4-8-21(15)16/h4-9H,1-3H3. The van der Waals surface area contributed by atoms with Crippen LogP contribution in [0.1, 0.15) is 16.8 Å². The van der Waals surface area contributed by atoms with Gasteiger partial charge in [-0.05, 0) is 50.1 Å². The lowest BCUT2D eigenvalue weighted by molar-refractivity contribution is 1.09. The first-order valence-electron chi connectivity index (χ1n) is 6.68. The zero-order chi connectivity index (χ0) is 15.0. The van der Waals surface area contributed by atoms with Gasteiger partial charge in [0.1, 0.15) is 5.65 Å². The van der Waals surface area contributed by atoms with Crippen LogP contribution in [-0.2, 0) is 0 Å². The van der Waals surface area contributed by atoms with Crippen LogP contribution in [0.25, 0.3) is 5.65 Å². The highest BCUT2D eigenvalue weighted by atomic mass is 79.9. The molecule has 3 rings (SSSR count). The van der Waals surface area contributed by atoms with Crippen LogP contribution in [-0.4, -0.2) is 9.38 Å². The van der Waals surface area contributed by atoms with Crippen LogP contribution in [0.4, 0.5) is 11.5 Å². The molecule has 0 spiro atoms. The van der Waals surface area contributed by atoms with Gasteiger partial charge >= 0.3 is 0 Å². The van der Waals surface area contributed by atoms with Crippen molar-refractivity contribution in [3.63, 3.8) is 0 Å². The molecular weight excluding hydrogens is 328 g/mol. The molecule has 4 nitrogen and oxygen atoms in total. The highest BCUT2D eigenvalue weighted by Crippen LogP contribution is 2.27. The van der Waals surface area contributed by atoms with Crippen molar-refractivity contribution in [2.45, 2.75) is 20.8 Å². The summed E-state index contributed by atoms with van der Waals surface area (Å²) in [4.78, 5) is 4.56. The van der Waals surface area contributed by atoms with Gasteiger partial charge in [-0.3, -0.25) is 4.40 Å². The first-order chi connectivity index (χ1) is 10.1. The molecule has 0 fully saturated rings. The molecule has 1 aromatic carbocycles. The van der Waals surface area contributed by atoms with E-state index in [-0.39, 0.29) is 0 Å². The Bertz CT molecular complexity index is 849. The average molecular weight is 343 g/mol. The normalized spacial score (nSPS) is 11.6. The molecule has 0 saturated heterocycles. The van der Waals surface area contributed by atoms with E-state index in [1.807, 2.05) is 61.7 Å². The molecule has 0 atom stereocenters. The Labute approximate surface area is 131 Å². The Morgan fingerprint density at radius 3 is 2.62 bits per heavy atom. The molecule has 2 aromatic heterocycles. The maximum atomic E-state index is 4.56. The smallest absolute Gasteiger partial charge is 0.182 e. The van der Waals surface area contributed by atoms with Crippen LogP contribution < -0.4 is 0 Å². The lowest BCUT2D eigenvalue weighted by Gasteiger charge is -1.99. The number of halogens is 1. The number of fused-ring (bicyclic) bond motifs is 1. The Morgan fingerprint density at radius 2 is 1.86 bits per heavy atom. The molecule has 3 aromatic rings. The summed E-state index contributed by atoms with van der Waals surface area (Å²) in [5.41, 5.74) is 4.92. The van der Waals surface area contributed by atoms with Gasteiger partial charge in [-0.1, -0.05) is 28.1 Å². The van der Waals surface area contributed by atoms with Crippen LogP contribution >= 0.6 is 15.9 Å². The van der Waals surface area contributed by atoms with E-state index in [1.54, 1.807) is 0 Å². The van der Waals surface area contributed by atoms with Gasteiger partial charge in [0.2, 0.25) is 0 Å². The molecule has 0 aliphatic heterocycles. The lowest BCUT2D eigenvalue weighted by Crippen LogP contribution is -1.85. The predicted molar refractivity (Wildman–Crippen MR) is 87.7 cm³/mol. The van der Waals surface area contributed by atoms with Gasteiger partial charge in [0.25, 0.3) is 0 Å². The van der Waals surface area contributed by atoms with Crippen molar-refractivity contribution in [2.24, 2.45) is 10.2 Å². The second-order valence-electron chi connectivity index (χ2n) is 5.04. The zero-order valence-corrected chi connectivity index (χ0v) is 13.7. The van der Waals surface area contributed by atoms with Crippen molar-refractivity contribution in [1.29, 1.82) is 0 Å². The van der Waals surface area contributed by atoms with Crippen molar-refractivity contribution in [3.05, 3.63) is 57.8 Å². The van der Waals surface area contributed by atoms with Gasteiger partial charge in [0.05, 0.1) is 11.4 Å². The first kappa shape index (κ1) is 13.9. The van der Waals surface area contributed by atoms with E-state index in [9.17, 15) is 0 Å². The zero-order valence-electron chi connectivity index (χ0n) is 12.1. The van der Waals surface area contributed by atoms with E-state index >= 15 is 0 Å². The number of pyridine rings is 1. The Morgan fingerprint density at radius 1 is 1.05 bits per heavy atom. The molecule has 0 amide bonds. The molecule has 0 bridgehead atoms. The lowest BCUT2D eigenvalue weighted by atomic mass is 10.2. The summed E-state index contributed by atoms with van der Waals surface area (Å²) in [6.45, 7) is 6.04. The van der Waals surface area contributed by atoms with E-state index in [0.717, 1.165) is 32.9 Å². The number of benzene rings is 1. The first-order valence-corrected chi connectivity index (χ1v) is 7.48. The number of hydrogen-bond acceptors (Lipinski definition) is 3.